The maximum Gasteiger partial charge on any atom is 0.0453 e. The van der Waals surface area contributed by atoms with Crippen molar-refractivity contribution in [2.75, 3.05) is 20.6 Å². The standard InChI is InChI=1S/C18H22BrN.C8H7N.C6H15N.2C3H6/c1-7-18(19)16(5)20(6)15(4)12-14(3)17-11-9-8-10-13(17)2;1-2-4-8-7(3-1)5-6-9-8;1-3-4-5-6-7-2;1-2-3-1;1-3-2/h7-12H,1,3H2,2,4-6H3;1-6,9H;7H,3-6H2,1-2H3;1-3H2;3H,1H2,2H3/b15-12-,18-16+;;;;. The van der Waals surface area contributed by atoms with Crippen molar-refractivity contribution in [2.24, 2.45) is 0 Å². The van der Waals surface area contributed by atoms with E-state index >= 15 is 0 Å². The zero-order valence-electron chi connectivity index (χ0n) is 27.4. The van der Waals surface area contributed by atoms with E-state index in [0.717, 1.165) is 21.4 Å². The van der Waals surface area contributed by atoms with Crippen LogP contribution in [0.3, 0.4) is 0 Å². The van der Waals surface area contributed by atoms with Gasteiger partial charge >= 0.3 is 0 Å². The fourth-order valence-corrected chi connectivity index (χ4v) is 3.75. The highest BCUT2D eigenvalue weighted by molar-refractivity contribution is 9.11. The van der Waals surface area contributed by atoms with Gasteiger partial charge < -0.3 is 15.2 Å². The lowest BCUT2D eigenvalue weighted by Gasteiger charge is -2.22. The molecule has 0 radical (unpaired) electrons. The summed E-state index contributed by atoms with van der Waals surface area (Å²) in [4.78, 5) is 5.24. The Morgan fingerprint density at radius 2 is 1.60 bits per heavy atom. The molecule has 3 nitrogen and oxygen atoms in total. The van der Waals surface area contributed by atoms with Gasteiger partial charge in [0, 0.05) is 34.6 Å². The summed E-state index contributed by atoms with van der Waals surface area (Å²) in [5.41, 5.74) is 6.90. The van der Waals surface area contributed by atoms with Gasteiger partial charge in [-0.2, -0.15) is 0 Å². The minimum atomic E-state index is 0.995. The van der Waals surface area contributed by atoms with Crippen molar-refractivity contribution in [3.63, 3.8) is 0 Å². The first kappa shape index (κ1) is 38.9. The Hall–Kier alpha value is -3.08. The van der Waals surface area contributed by atoms with Gasteiger partial charge in [-0.3, -0.25) is 0 Å². The molecule has 230 valence electrons. The van der Waals surface area contributed by atoms with E-state index in [0.29, 0.717) is 0 Å². The molecule has 1 saturated carbocycles. The lowest BCUT2D eigenvalue weighted by Crippen LogP contribution is -2.14. The minimum Gasteiger partial charge on any atom is -0.361 e. The molecule has 0 atom stereocenters. The first-order valence-electron chi connectivity index (χ1n) is 15.1. The van der Waals surface area contributed by atoms with Crippen LogP contribution in [-0.2, 0) is 0 Å². The van der Waals surface area contributed by atoms with Gasteiger partial charge in [0.05, 0.1) is 0 Å². The quantitative estimate of drug-likeness (QED) is 0.139. The van der Waals surface area contributed by atoms with Crippen LogP contribution in [0.25, 0.3) is 16.5 Å². The van der Waals surface area contributed by atoms with Gasteiger partial charge in [-0.05, 0) is 104 Å². The van der Waals surface area contributed by atoms with E-state index in [4.69, 9.17) is 0 Å². The topological polar surface area (TPSA) is 31.1 Å². The van der Waals surface area contributed by atoms with Crippen molar-refractivity contribution >= 4 is 32.4 Å². The number of nitrogens with zero attached hydrogens (tertiary/aromatic N) is 1. The van der Waals surface area contributed by atoms with E-state index in [-0.39, 0.29) is 0 Å². The molecular formula is C38H56BrN3. The molecule has 4 rings (SSSR count). The molecule has 0 amide bonds. The number of hydrogen-bond donors (Lipinski definition) is 2. The molecule has 3 aromatic rings. The third kappa shape index (κ3) is 17.7. The van der Waals surface area contributed by atoms with Crippen molar-refractivity contribution < 1.29 is 0 Å². The number of aromatic amines is 1. The zero-order valence-corrected chi connectivity index (χ0v) is 29.0. The highest BCUT2D eigenvalue weighted by Gasteiger charge is 2.06. The zero-order chi connectivity index (χ0) is 31.8. The highest BCUT2D eigenvalue weighted by Crippen LogP contribution is 2.23. The molecule has 1 heterocycles. The van der Waals surface area contributed by atoms with Crippen molar-refractivity contribution in [2.45, 2.75) is 73.1 Å². The molecule has 0 unspecified atom stereocenters. The van der Waals surface area contributed by atoms with E-state index in [1.54, 1.807) is 12.2 Å². The van der Waals surface area contributed by atoms with E-state index in [9.17, 15) is 0 Å². The molecule has 0 aliphatic heterocycles. The van der Waals surface area contributed by atoms with Gasteiger partial charge in [0.1, 0.15) is 0 Å². The SMILES string of the molecule is C1CC1.C=C/C(Br)=C(/C)N(C)/C(C)=C\C(=C)c1ccccc1C.C=CC.CCCCCNC.c1ccc2[nH]ccc2c1. The second kappa shape index (κ2) is 24.5. The van der Waals surface area contributed by atoms with Gasteiger partial charge in [0.25, 0.3) is 0 Å². The molecular weight excluding hydrogens is 578 g/mol. The molecule has 1 aromatic heterocycles. The summed E-state index contributed by atoms with van der Waals surface area (Å²) in [6, 6.07) is 18.6. The van der Waals surface area contributed by atoms with Gasteiger partial charge in [0.2, 0.25) is 0 Å². The first-order chi connectivity index (χ1) is 20.2. The molecule has 2 N–H and O–H groups in total. The van der Waals surface area contributed by atoms with E-state index in [1.165, 1.54) is 67.1 Å². The number of nitrogens with one attached hydrogen (secondary N) is 2. The lowest BCUT2D eigenvalue weighted by atomic mass is 10.0. The number of unbranched alkanes of at least 4 members (excludes halogenated alkanes) is 2. The number of halogens is 1. The minimum absolute atomic E-state index is 0.995. The molecule has 0 bridgehead atoms. The van der Waals surface area contributed by atoms with Crippen LogP contribution in [0, 0.1) is 6.92 Å². The summed E-state index contributed by atoms with van der Waals surface area (Å²) in [5.74, 6) is 0. The number of H-pyrrole nitrogens is 1. The van der Waals surface area contributed by atoms with Crippen LogP contribution in [-0.4, -0.2) is 30.5 Å². The third-order valence-corrected chi connectivity index (χ3v) is 7.18. The fraction of sp³-hybridized carbons (Fsp3) is 0.368. The molecule has 1 aliphatic rings. The predicted octanol–water partition coefficient (Wildman–Crippen LogP) is 11.6. The Morgan fingerprint density at radius 3 is 2.12 bits per heavy atom. The molecule has 0 spiro atoms. The maximum absolute atomic E-state index is 4.18. The van der Waals surface area contributed by atoms with Crippen LogP contribution in [0.4, 0.5) is 0 Å². The predicted molar refractivity (Wildman–Crippen MR) is 195 cm³/mol. The van der Waals surface area contributed by atoms with Crippen molar-refractivity contribution in [3.8, 4) is 0 Å². The first-order valence-corrected chi connectivity index (χ1v) is 15.9. The normalized spacial score (nSPS) is 11.9. The van der Waals surface area contributed by atoms with Gasteiger partial charge in [0.15, 0.2) is 0 Å². The molecule has 1 aliphatic carbocycles. The second-order valence-electron chi connectivity index (χ2n) is 10.2. The summed E-state index contributed by atoms with van der Waals surface area (Å²) in [6.07, 6.45) is 16.1. The smallest absolute Gasteiger partial charge is 0.0453 e. The summed E-state index contributed by atoms with van der Waals surface area (Å²) in [7, 11) is 4.03. The van der Waals surface area contributed by atoms with Crippen molar-refractivity contribution in [1.82, 2.24) is 15.2 Å². The van der Waals surface area contributed by atoms with Crippen molar-refractivity contribution in [1.29, 1.82) is 0 Å². The Bertz CT molecular complexity index is 1190. The fourth-order valence-electron chi connectivity index (χ4n) is 3.48. The molecule has 0 saturated heterocycles. The molecule has 4 heteroatoms. The summed E-state index contributed by atoms with van der Waals surface area (Å²) < 4.78 is 0.995. The highest BCUT2D eigenvalue weighted by atomic mass is 79.9. The monoisotopic (exact) mass is 633 g/mol. The van der Waals surface area contributed by atoms with Crippen LogP contribution in [0.1, 0.15) is 77.3 Å². The van der Waals surface area contributed by atoms with Gasteiger partial charge in [-0.15, -0.1) is 6.58 Å². The average Bonchev–Trinajstić information content (AvgIpc) is 3.81. The molecule has 42 heavy (non-hydrogen) atoms. The number of allylic oxidation sites excluding steroid dienone is 7. The number of hydrogen-bond acceptors (Lipinski definition) is 2. The van der Waals surface area contributed by atoms with Crippen LogP contribution in [0.5, 0.6) is 0 Å². The van der Waals surface area contributed by atoms with Gasteiger partial charge in [-0.25, -0.2) is 0 Å². The number of aromatic nitrogens is 1. The number of fused-ring (bicyclic) bond motifs is 1. The Labute approximate surface area is 266 Å². The van der Waals surface area contributed by atoms with Crippen molar-refractivity contribution in [3.05, 3.63) is 126 Å². The number of aryl methyl sites for hydroxylation is 1. The third-order valence-electron chi connectivity index (χ3n) is 6.28. The number of benzene rings is 2. The maximum atomic E-state index is 4.18. The largest absolute Gasteiger partial charge is 0.361 e. The van der Waals surface area contributed by atoms with E-state index in [2.05, 4.69) is 115 Å². The molecule has 2 aromatic carbocycles. The second-order valence-corrected chi connectivity index (χ2v) is 11.0. The Kier molecular flexibility index (Phi) is 22.7. The van der Waals surface area contributed by atoms with Crippen LogP contribution in [0.15, 0.2) is 115 Å². The lowest BCUT2D eigenvalue weighted by molar-refractivity contribution is 0.521. The Morgan fingerprint density at radius 1 is 1.00 bits per heavy atom. The average molecular weight is 635 g/mol. The summed E-state index contributed by atoms with van der Waals surface area (Å²) in [5, 5.41) is 4.38. The number of rotatable bonds is 9. The van der Waals surface area contributed by atoms with E-state index < -0.39 is 0 Å². The van der Waals surface area contributed by atoms with Crippen LogP contribution < -0.4 is 5.32 Å². The summed E-state index contributed by atoms with van der Waals surface area (Å²) in [6.45, 7) is 22.8. The molecule has 1 fully saturated rings. The number of para-hydroxylation sites is 1. The Balaban J connectivity index is 0.000000620. The van der Waals surface area contributed by atoms with Gasteiger partial charge in [-0.1, -0.05) is 107 Å². The van der Waals surface area contributed by atoms with Crippen LogP contribution >= 0.6 is 15.9 Å². The van der Waals surface area contributed by atoms with Crippen LogP contribution in [0.2, 0.25) is 0 Å². The summed E-state index contributed by atoms with van der Waals surface area (Å²) >= 11 is 3.50. The van der Waals surface area contributed by atoms with E-state index in [1.807, 2.05) is 51.5 Å².